The highest BCUT2D eigenvalue weighted by molar-refractivity contribution is 5.72. The van der Waals surface area contributed by atoms with Crippen LogP contribution in [0.1, 0.15) is 42.6 Å². The van der Waals surface area contributed by atoms with E-state index < -0.39 is 0 Å². The van der Waals surface area contributed by atoms with Crippen molar-refractivity contribution < 1.29 is 4.39 Å². The van der Waals surface area contributed by atoms with Gasteiger partial charge < -0.3 is 20.4 Å². The van der Waals surface area contributed by atoms with Crippen LogP contribution in [-0.4, -0.2) is 62.4 Å². The number of nitrogens with one attached hydrogen (secondary N) is 2. The summed E-state index contributed by atoms with van der Waals surface area (Å²) in [5.41, 5.74) is 3.08. The average Bonchev–Trinajstić information content (AvgIpc) is 3.58. The predicted molar refractivity (Wildman–Crippen MR) is 132 cm³/mol. The molecule has 10 heteroatoms. The van der Waals surface area contributed by atoms with E-state index in [1.165, 1.54) is 0 Å². The van der Waals surface area contributed by atoms with Gasteiger partial charge in [-0.15, -0.1) is 0 Å². The van der Waals surface area contributed by atoms with Crippen LogP contribution in [0.3, 0.4) is 0 Å². The number of aromatic nitrogens is 5. The molecule has 180 valence electrons. The number of nitrogens with zero attached hydrogens (tertiary/aromatic N) is 7. The first-order valence-electron chi connectivity index (χ1n) is 11.8. The van der Waals surface area contributed by atoms with Gasteiger partial charge in [-0.05, 0) is 58.2 Å². The van der Waals surface area contributed by atoms with Crippen molar-refractivity contribution in [1.82, 2.24) is 29.6 Å². The molecule has 3 aromatic heterocycles. The van der Waals surface area contributed by atoms with Crippen LogP contribution in [0.25, 0.3) is 0 Å². The molecule has 4 heterocycles. The topological polar surface area (TPSA) is 87.0 Å². The van der Waals surface area contributed by atoms with E-state index in [-0.39, 0.29) is 11.7 Å². The van der Waals surface area contributed by atoms with Crippen molar-refractivity contribution in [1.29, 1.82) is 0 Å². The van der Waals surface area contributed by atoms with Crippen molar-refractivity contribution in [3.8, 4) is 0 Å². The molecule has 1 aliphatic carbocycles. The number of pyridine rings is 1. The second-order valence-electron chi connectivity index (χ2n) is 9.52. The number of hydrogen-bond donors (Lipinski definition) is 2. The van der Waals surface area contributed by atoms with Crippen molar-refractivity contribution in [3.05, 3.63) is 41.1 Å². The fourth-order valence-corrected chi connectivity index (χ4v) is 4.32. The molecule has 1 saturated carbocycles. The molecule has 1 atom stereocenters. The Bertz CT molecular complexity index is 1180. The van der Waals surface area contributed by atoms with Gasteiger partial charge in [-0.25, -0.2) is 14.4 Å². The second kappa shape index (κ2) is 8.83. The van der Waals surface area contributed by atoms with Crippen molar-refractivity contribution >= 4 is 29.1 Å². The van der Waals surface area contributed by atoms with Crippen LogP contribution in [0.2, 0.25) is 0 Å². The summed E-state index contributed by atoms with van der Waals surface area (Å²) in [5, 5.41) is 11.1. The summed E-state index contributed by atoms with van der Waals surface area (Å²) in [6, 6.07) is 4.19. The number of likely N-dealkylation sites (N-methyl/N-ethyl adjacent to an activating group) is 1. The minimum Gasteiger partial charge on any atom is -0.364 e. The summed E-state index contributed by atoms with van der Waals surface area (Å²) >= 11 is 0. The fourth-order valence-electron chi connectivity index (χ4n) is 4.32. The summed E-state index contributed by atoms with van der Waals surface area (Å²) in [5.74, 6) is 2.44. The highest BCUT2D eigenvalue weighted by Gasteiger charge is 2.28. The Kier molecular flexibility index (Phi) is 5.85. The Morgan fingerprint density at radius 2 is 1.82 bits per heavy atom. The lowest BCUT2D eigenvalue weighted by Gasteiger charge is -2.39. The number of hydrogen-bond acceptors (Lipinski definition) is 8. The van der Waals surface area contributed by atoms with Crippen LogP contribution in [0.5, 0.6) is 0 Å². The molecule has 5 rings (SSSR count). The van der Waals surface area contributed by atoms with Gasteiger partial charge in [0.1, 0.15) is 11.6 Å². The summed E-state index contributed by atoms with van der Waals surface area (Å²) in [6.45, 7) is 8.65. The van der Waals surface area contributed by atoms with Crippen LogP contribution in [0.15, 0.2) is 18.3 Å². The van der Waals surface area contributed by atoms with Gasteiger partial charge >= 0.3 is 0 Å². The zero-order chi connectivity index (χ0) is 24.0. The van der Waals surface area contributed by atoms with E-state index >= 15 is 0 Å². The molecule has 9 nitrogen and oxygen atoms in total. The summed E-state index contributed by atoms with van der Waals surface area (Å²) < 4.78 is 16.3. The smallest absolute Gasteiger partial charge is 0.230 e. The van der Waals surface area contributed by atoms with E-state index in [0.29, 0.717) is 29.3 Å². The van der Waals surface area contributed by atoms with E-state index in [2.05, 4.69) is 49.5 Å². The standard InChI is InChI=1S/C24H32FN9/c1-14-10-21(31-33(14)5)28-23-19(34-9-8-32(4)15(2)13-34)12-26-24(30-23)29-20-11-18(17-6-7-17)22(25)16(3)27-20/h10-12,15,17H,6-9,13H2,1-5H3,(H2,26,27,28,29,30,31)/t15-/m0/s1. The molecule has 2 N–H and O–H groups in total. The number of aryl methyl sites for hydroxylation is 3. The first-order chi connectivity index (χ1) is 16.3. The van der Waals surface area contributed by atoms with E-state index in [0.717, 1.165) is 55.2 Å². The minimum absolute atomic E-state index is 0.207. The third-order valence-electron chi connectivity index (χ3n) is 6.84. The minimum atomic E-state index is -0.207. The largest absolute Gasteiger partial charge is 0.364 e. The predicted octanol–water partition coefficient (Wildman–Crippen LogP) is 3.87. The molecule has 0 amide bonds. The Labute approximate surface area is 199 Å². The molecular formula is C24H32FN9. The van der Waals surface area contributed by atoms with Crippen LogP contribution >= 0.6 is 0 Å². The first-order valence-corrected chi connectivity index (χ1v) is 11.8. The maximum Gasteiger partial charge on any atom is 0.230 e. The summed E-state index contributed by atoms with van der Waals surface area (Å²) in [7, 11) is 4.06. The number of halogens is 1. The molecular weight excluding hydrogens is 433 g/mol. The van der Waals surface area contributed by atoms with Gasteiger partial charge in [0.2, 0.25) is 5.95 Å². The molecule has 0 unspecified atom stereocenters. The molecule has 0 aromatic carbocycles. The lowest BCUT2D eigenvalue weighted by atomic mass is 10.1. The van der Waals surface area contributed by atoms with Gasteiger partial charge in [0, 0.05) is 44.5 Å². The van der Waals surface area contributed by atoms with E-state index in [4.69, 9.17) is 4.98 Å². The molecule has 3 aromatic rings. The fraction of sp³-hybridized carbons (Fsp3) is 0.500. The van der Waals surface area contributed by atoms with E-state index in [1.807, 2.05) is 30.9 Å². The van der Waals surface area contributed by atoms with Crippen LogP contribution in [0.4, 0.5) is 33.5 Å². The number of piperazine rings is 1. The molecule has 0 radical (unpaired) electrons. The monoisotopic (exact) mass is 465 g/mol. The van der Waals surface area contributed by atoms with Gasteiger partial charge in [-0.3, -0.25) is 4.68 Å². The Morgan fingerprint density at radius 3 is 2.50 bits per heavy atom. The number of rotatable bonds is 6. The van der Waals surface area contributed by atoms with Gasteiger partial charge in [0.05, 0.1) is 17.6 Å². The van der Waals surface area contributed by atoms with E-state index in [1.54, 1.807) is 13.0 Å². The summed E-state index contributed by atoms with van der Waals surface area (Å²) in [4.78, 5) is 18.4. The van der Waals surface area contributed by atoms with Gasteiger partial charge in [-0.2, -0.15) is 10.1 Å². The zero-order valence-corrected chi connectivity index (χ0v) is 20.4. The first kappa shape index (κ1) is 22.5. The van der Waals surface area contributed by atoms with Crippen molar-refractivity contribution in [2.75, 3.05) is 42.2 Å². The molecule has 1 aliphatic heterocycles. The SMILES string of the molecule is Cc1nc(Nc2ncc(N3CCN(C)[C@@H](C)C3)c(Nc3cc(C)n(C)n3)n2)cc(C2CC2)c1F. The summed E-state index contributed by atoms with van der Waals surface area (Å²) in [6.07, 6.45) is 3.88. The van der Waals surface area contributed by atoms with Crippen LogP contribution in [0, 0.1) is 19.7 Å². The quantitative estimate of drug-likeness (QED) is 0.567. The van der Waals surface area contributed by atoms with Crippen molar-refractivity contribution in [2.24, 2.45) is 7.05 Å². The lowest BCUT2D eigenvalue weighted by molar-refractivity contribution is 0.234. The van der Waals surface area contributed by atoms with Gasteiger partial charge in [0.25, 0.3) is 0 Å². The van der Waals surface area contributed by atoms with Gasteiger partial charge in [0.15, 0.2) is 11.6 Å². The molecule has 0 spiro atoms. The third-order valence-corrected chi connectivity index (χ3v) is 6.84. The molecule has 2 aliphatic rings. The van der Waals surface area contributed by atoms with Gasteiger partial charge in [-0.1, -0.05) is 0 Å². The maximum atomic E-state index is 14.5. The molecule has 1 saturated heterocycles. The van der Waals surface area contributed by atoms with E-state index in [9.17, 15) is 4.39 Å². The third kappa shape index (κ3) is 4.54. The Balaban J connectivity index is 1.47. The van der Waals surface area contributed by atoms with Crippen molar-refractivity contribution in [3.63, 3.8) is 0 Å². The molecule has 2 fully saturated rings. The zero-order valence-electron chi connectivity index (χ0n) is 20.4. The highest BCUT2D eigenvalue weighted by atomic mass is 19.1. The number of anilines is 5. The van der Waals surface area contributed by atoms with Crippen LogP contribution in [-0.2, 0) is 7.05 Å². The van der Waals surface area contributed by atoms with Crippen molar-refractivity contribution in [2.45, 2.75) is 45.6 Å². The molecule has 34 heavy (non-hydrogen) atoms. The second-order valence-corrected chi connectivity index (χ2v) is 9.52. The highest BCUT2D eigenvalue weighted by Crippen LogP contribution is 2.42. The lowest BCUT2D eigenvalue weighted by Crippen LogP contribution is -2.50. The van der Waals surface area contributed by atoms with Crippen LogP contribution < -0.4 is 15.5 Å². The molecule has 0 bridgehead atoms. The Hall–Kier alpha value is -3.27. The normalized spacial score (nSPS) is 18.9. The Morgan fingerprint density at radius 1 is 1.03 bits per heavy atom. The maximum absolute atomic E-state index is 14.5. The average molecular weight is 466 g/mol.